The molecule has 1 N–H and O–H groups in total. The minimum absolute atomic E-state index is 0.114. The van der Waals surface area contributed by atoms with Crippen LogP contribution in [0, 0.1) is 17.0 Å². The molecule has 0 aromatic heterocycles. The molecule has 0 bridgehead atoms. The van der Waals surface area contributed by atoms with Crippen LogP contribution in [-0.4, -0.2) is 27.8 Å². The molecule has 1 aliphatic rings. The van der Waals surface area contributed by atoms with Crippen LogP contribution in [0.5, 0.6) is 5.75 Å². The fourth-order valence-electron chi connectivity index (χ4n) is 1.95. The molecule has 20 heavy (non-hydrogen) atoms. The van der Waals surface area contributed by atoms with Gasteiger partial charge in [-0.1, -0.05) is 0 Å². The third kappa shape index (κ3) is 1.99. The molecule has 1 aromatic rings. The molecule has 9 heteroatoms. The summed E-state index contributed by atoms with van der Waals surface area (Å²) in [5, 5.41) is 20.3. The number of carbonyl (C=O) groups excluding carboxylic acids is 1. The number of hydrogen-bond acceptors (Lipinski definition) is 5. The lowest BCUT2D eigenvalue weighted by atomic mass is 9.94. The van der Waals surface area contributed by atoms with Crippen molar-refractivity contribution < 1.29 is 32.7 Å². The van der Waals surface area contributed by atoms with Crippen LogP contribution in [0.3, 0.4) is 0 Å². The quantitative estimate of drug-likeness (QED) is 0.632. The number of rotatable bonds is 1. The second-order valence-electron chi connectivity index (χ2n) is 4.35. The zero-order valence-electron chi connectivity index (χ0n) is 10.0. The molecule has 6 nitrogen and oxygen atoms in total. The first-order valence-corrected chi connectivity index (χ1v) is 5.36. The molecular formula is C11H8F3NO5. The maximum Gasteiger partial charge on any atom is 0.455 e. The third-order valence-electron chi connectivity index (χ3n) is 2.92. The lowest BCUT2D eigenvalue weighted by Gasteiger charge is -2.34. The van der Waals surface area contributed by atoms with E-state index in [1.807, 2.05) is 0 Å². The molecule has 0 amide bonds. The number of aliphatic hydroxyl groups is 1. The van der Waals surface area contributed by atoms with E-state index in [1.165, 1.54) is 6.92 Å². The second-order valence-corrected chi connectivity index (χ2v) is 4.35. The minimum atomic E-state index is -5.19. The summed E-state index contributed by atoms with van der Waals surface area (Å²) in [5.41, 5.74) is -1.05. The van der Waals surface area contributed by atoms with E-state index in [9.17, 15) is 33.2 Å². The van der Waals surface area contributed by atoms with Crippen LogP contribution in [0.4, 0.5) is 18.9 Å². The molecule has 0 radical (unpaired) electrons. The lowest BCUT2D eigenvalue weighted by molar-refractivity contribution is -0.386. The number of ketones is 1. The van der Waals surface area contributed by atoms with Gasteiger partial charge in [0.15, 0.2) is 5.78 Å². The van der Waals surface area contributed by atoms with Crippen LogP contribution < -0.4 is 4.74 Å². The van der Waals surface area contributed by atoms with Gasteiger partial charge in [0.05, 0.1) is 11.3 Å². The predicted octanol–water partition coefficient (Wildman–Crippen LogP) is 2.12. The number of alkyl halides is 3. The Morgan fingerprint density at radius 2 is 2.05 bits per heavy atom. The molecule has 1 aliphatic heterocycles. The highest BCUT2D eigenvalue weighted by molar-refractivity contribution is 6.04. The number of halogens is 3. The molecular weight excluding hydrogens is 283 g/mol. The summed E-state index contributed by atoms with van der Waals surface area (Å²) >= 11 is 0. The van der Waals surface area contributed by atoms with E-state index < -0.39 is 46.1 Å². The van der Waals surface area contributed by atoms with E-state index in [0.29, 0.717) is 0 Å². The van der Waals surface area contributed by atoms with Crippen LogP contribution in [0.15, 0.2) is 12.1 Å². The van der Waals surface area contributed by atoms with E-state index >= 15 is 0 Å². The summed E-state index contributed by atoms with van der Waals surface area (Å²) in [7, 11) is 0. The monoisotopic (exact) mass is 291 g/mol. The van der Waals surface area contributed by atoms with Gasteiger partial charge in [0.2, 0.25) is 0 Å². The van der Waals surface area contributed by atoms with Gasteiger partial charge >= 0.3 is 12.0 Å². The van der Waals surface area contributed by atoms with Gasteiger partial charge in [0.25, 0.3) is 5.69 Å². The topological polar surface area (TPSA) is 89.7 Å². The zero-order chi connectivity index (χ0) is 15.3. The average Bonchev–Trinajstić information content (AvgIpc) is 2.27. The number of nitro groups is 1. The molecule has 0 saturated heterocycles. The Kier molecular flexibility index (Phi) is 2.97. The lowest BCUT2D eigenvalue weighted by Crippen LogP contribution is -2.53. The first kappa shape index (κ1) is 14.3. The summed E-state index contributed by atoms with van der Waals surface area (Å²) in [6.07, 6.45) is -6.62. The fourth-order valence-corrected chi connectivity index (χ4v) is 1.95. The summed E-state index contributed by atoms with van der Waals surface area (Å²) < 4.78 is 42.4. The van der Waals surface area contributed by atoms with Gasteiger partial charge in [-0.3, -0.25) is 14.9 Å². The Morgan fingerprint density at radius 1 is 1.45 bits per heavy atom. The van der Waals surface area contributed by atoms with Crippen LogP contribution >= 0.6 is 0 Å². The number of benzene rings is 1. The molecule has 1 unspecified atom stereocenters. The van der Waals surface area contributed by atoms with E-state index in [0.717, 1.165) is 12.1 Å². The van der Waals surface area contributed by atoms with Crippen molar-refractivity contribution in [2.45, 2.75) is 25.3 Å². The molecule has 2 rings (SSSR count). The van der Waals surface area contributed by atoms with Crippen molar-refractivity contribution in [3.63, 3.8) is 0 Å². The highest BCUT2D eigenvalue weighted by Crippen LogP contribution is 2.44. The first-order valence-electron chi connectivity index (χ1n) is 5.36. The van der Waals surface area contributed by atoms with E-state index in [2.05, 4.69) is 4.74 Å². The maximum atomic E-state index is 12.7. The Morgan fingerprint density at radius 3 is 2.55 bits per heavy atom. The van der Waals surface area contributed by atoms with Gasteiger partial charge in [-0.2, -0.15) is 13.2 Å². The Balaban J connectivity index is 2.63. The molecule has 0 saturated carbocycles. The van der Waals surface area contributed by atoms with Gasteiger partial charge in [0, 0.05) is 5.56 Å². The number of nitro benzene ring substituents is 1. The highest BCUT2D eigenvalue weighted by atomic mass is 19.4. The second kappa shape index (κ2) is 4.17. The standard InChI is InChI=1S/C11H8F3NO5/c1-5-2-3-7-8(9(5)15(18)19)6(16)4-10(17,20-7)11(12,13)14/h2-3,17H,4H2,1H3. The van der Waals surface area contributed by atoms with Crippen molar-refractivity contribution in [2.75, 3.05) is 0 Å². The van der Waals surface area contributed by atoms with Gasteiger partial charge < -0.3 is 9.84 Å². The summed E-state index contributed by atoms with van der Waals surface area (Å²) in [6, 6.07) is 2.14. The number of fused-ring (bicyclic) bond motifs is 1. The average molecular weight is 291 g/mol. The number of aryl methyl sites for hydroxylation is 1. The summed E-state index contributed by atoms with van der Waals surface area (Å²) in [6.45, 7) is 1.34. The number of hydrogen-bond donors (Lipinski definition) is 1. The molecule has 1 atom stereocenters. The molecule has 1 heterocycles. The molecule has 0 fully saturated rings. The van der Waals surface area contributed by atoms with Crippen LogP contribution in [-0.2, 0) is 0 Å². The number of carbonyl (C=O) groups is 1. The number of ether oxygens (including phenoxy) is 1. The van der Waals surface area contributed by atoms with Crippen molar-refractivity contribution in [1.82, 2.24) is 0 Å². The highest BCUT2D eigenvalue weighted by Gasteiger charge is 2.60. The zero-order valence-corrected chi connectivity index (χ0v) is 10.0. The Bertz CT molecular complexity index is 613. The Labute approximate surface area is 109 Å². The summed E-state index contributed by atoms with van der Waals surface area (Å²) in [4.78, 5) is 21.8. The van der Waals surface area contributed by atoms with Gasteiger partial charge in [0.1, 0.15) is 11.3 Å². The van der Waals surface area contributed by atoms with Crippen molar-refractivity contribution in [3.8, 4) is 5.75 Å². The fraction of sp³-hybridized carbons (Fsp3) is 0.364. The van der Waals surface area contributed by atoms with Gasteiger partial charge in [-0.05, 0) is 19.1 Å². The van der Waals surface area contributed by atoms with Gasteiger partial charge in [-0.25, -0.2) is 0 Å². The number of nitrogens with zero attached hydrogens (tertiary/aromatic N) is 1. The summed E-state index contributed by atoms with van der Waals surface area (Å²) in [5.74, 6) is -5.51. The predicted molar refractivity (Wildman–Crippen MR) is 58.4 cm³/mol. The van der Waals surface area contributed by atoms with Gasteiger partial charge in [-0.15, -0.1) is 0 Å². The molecule has 108 valence electrons. The smallest absolute Gasteiger partial charge is 0.452 e. The largest absolute Gasteiger partial charge is 0.455 e. The van der Waals surface area contributed by atoms with Crippen molar-refractivity contribution in [1.29, 1.82) is 0 Å². The van der Waals surface area contributed by atoms with E-state index in [-0.39, 0.29) is 5.56 Å². The van der Waals surface area contributed by atoms with E-state index in [4.69, 9.17) is 0 Å². The van der Waals surface area contributed by atoms with E-state index in [1.54, 1.807) is 0 Å². The minimum Gasteiger partial charge on any atom is -0.452 e. The first-order chi connectivity index (χ1) is 9.07. The SMILES string of the molecule is Cc1ccc2c(c1[N+](=O)[O-])C(=O)CC(O)(C(F)(F)F)O2. The van der Waals surface area contributed by atoms with Crippen LogP contribution in [0.2, 0.25) is 0 Å². The Hall–Kier alpha value is -2.16. The van der Waals surface area contributed by atoms with Crippen LogP contribution in [0.1, 0.15) is 22.3 Å². The van der Waals surface area contributed by atoms with Crippen LogP contribution in [0.25, 0.3) is 0 Å². The molecule has 0 spiro atoms. The molecule has 1 aromatic carbocycles. The maximum absolute atomic E-state index is 12.7. The third-order valence-corrected chi connectivity index (χ3v) is 2.92. The van der Waals surface area contributed by atoms with Crippen molar-refractivity contribution in [3.05, 3.63) is 33.4 Å². The molecule has 0 aliphatic carbocycles. The van der Waals surface area contributed by atoms with Crippen molar-refractivity contribution in [2.24, 2.45) is 0 Å². The van der Waals surface area contributed by atoms with Crippen molar-refractivity contribution >= 4 is 11.5 Å². The number of Topliss-reactive ketones (excluding diaryl/α,β-unsaturated/α-hetero) is 1. The normalized spacial score (nSPS) is 22.1.